The summed E-state index contributed by atoms with van der Waals surface area (Å²) in [5.41, 5.74) is 6.37. The van der Waals surface area contributed by atoms with Crippen LogP contribution in [-0.4, -0.2) is 25.2 Å². The van der Waals surface area contributed by atoms with E-state index in [4.69, 9.17) is 10.5 Å². The van der Waals surface area contributed by atoms with Crippen molar-refractivity contribution in [1.82, 2.24) is 5.32 Å². The predicted molar refractivity (Wildman–Crippen MR) is 74.5 cm³/mol. The third-order valence-corrected chi connectivity index (χ3v) is 3.93. The van der Waals surface area contributed by atoms with E-state index >= 15 is 0 Å². The van der Waals surface area contributed by atoms with E-state index < -0.39 is 5.54 Å². The van der Waals surface area contributed by atoms with Crippen molar-refractivity contribution in [2.24, 2.45) is 11.7 Å². The lowest BCUT2D eigenvalue weighted by atomic mass is 9.90. The number of benzene rings is 1. The Labute approximate surface area is 114 Å². The molecule has 0 spiro atoms. The van der Waals surface area contributed by atoms with Gasteiger partial charge >= 0.3 is 0 Å². The van der Waals surface area contributed by atoms with Gasteiger partial charge in [-0.2, -0.15) is 0 Å². The van der Waals surface area contributed by atoms with Crippen LogP contribution in [0.4, 0.5) is 0 Å². The second-order valence-corrected chi connectivity index (χ2v) is 5.36. The first kappa shape index (κ1) is 14.0. The molecule has 1 heterocycles. The Morgan fingerprint density at radius 3 is 2.68 bits per heavy atom. The van der Waals surface area contributed by atoms with E-state index in [2.05, 4.69) is 5.32 Å². The largest absolute Gasteiger partial charge is 0.378 e. The highest BCUT2D eigenvalue weighted by Gasteiger charge is 2.35. The van der Waals surface area contributed by atoms with E-state index in [1.165, 1.54) is 0 Å². The summed E-state index contributed by atoms with van der Waals surface area (Å²) in [6, 6.07) is 9.84. The van der Waals surface area contributed by atoms with Crippen LogP contribution in [0.25, 0.3) is 0 Å². The molecule has 4 heteroatoms. The number of rotatable bonds is 4. The van der Waals surface area contributed by atoms with Gasteiger partial charge in [0.1, 0.15) is 0 Å². The minimum Gasteiger partial charge on any atom is -0.378 e. The summed E-state index contributed by atoms with van der Waals surface area (Å²) in [6.45, 7) is 4.93. The van der Waals surface area contributed by atoms with E-state index in [0.717, 1.165) is 12.0 Å². The van der Waals surface area contributed by atoms with Gasteiger partial charge in [-0.3, -0.25) is 4.79 Å². The van der Waals surface area contributed by atoms with Gasteiger partial charge in [0.2, 0.25) is 5.91 Å². The molecule has 0 aromatic heterocycles. The molecule has 1 aromatic carbocycles. The molecule has 1 aliphatic heterocycles. The Kier molecular flexibility index (Phi) is 4.22. The molecule has 2 rings (SSSR count). The van der Waals surface area contributed by atoms with Crippen molar-refractivity contribution in [1.29, 1.82) is 0 Å². The first-order valence-corrected chi connectivity index (χ1v) is 6.76. The van der Waals surface area contributed by atoms with Crippen molar-refractivity contribution in [3.8, 4) is 0 Å². The van der Waals surface area contributed by atoms with E-state index in [9.17, 15) is 4.79 Å². The molecule has 0 saturated carbocycles. The van der Waals surface area contributed by atoms with Gasteiger partial charge in [0.05, 0.1) is 17.6 Å². The topological polar surface area (TPSA) is 64.3 Å². The Morgan fingerprint density at radius 2 is 2.16 bits per heavy atom. The molecule has 4 nitrogen and oxygen atoms in total. The van der Waals surface area contributed by atoms with Crippen LogP contribution in [0.2, 0.25) is 0 Å². The molecular formula is C15H22N2O2. The second kappa shape index (κ2) is 5.72. The molecule has 1 aliphatic rings. The lowest BCUT2D eigenvalue weighted by Crippen LogP contribution is -2.51. The summed E-state index contributed by atoms with van der Waals surface area (Å²) in [4.78, 5) is 12.4. The summed E-state index contributed by atoms with van der Waals surface area (Å²) in [5.74, 6) is -0.0450. The molecular weight excluding hydrogens is 240 g/mol. The first-order chi connectivity index (χ1) is 9.07. The third-order valence-electron chi connectivity index (χ3n) is 3.93. The van der Waals surface area contributed by atoms with Gasteiger partial charge in [0.25, 0.3) is 0 Å². The van der Waals surface area contributed by atoms with Gasteiger partial charge in [0, 0.05) is 13.2 Å². The van der Waals surface area contributed by atoms with Crippen molar-refractivity contribution in [2.45, 2.75) is 31.9 Å². The molecule has 104 valence electrons. The highest BCUT2D eigenvalue weighted by molar-refractivity contribution is 5.80. The number of hydrogen-bond donors (Lipinski definition) is 2. The Morgan fingerprint density at radius 1 is 1.47 bits per heavy atom. The van der Waals surface area contributed by atoms with Crippen LogP contribution in [0.5, 0.6) is 0 Å². The summed E-state index contributed by atoms with van der Waals surface area (Å²) in [5, 5.41) is 3.09. The van der Waals surface area contributed by atoms with Gasteiger partial charge in [0.15, 0.2) is 0 Å². The van der Waals surface area contributed by atoms with Gasteiger partial charge in [-0.25, -0.2) is 0 Å². The molecule has 3 atom stereocenters. The summed E-state index contributed by atoms with van der Waals surface area (Å²) in [7, 11) is 0. The zero-order valence-corrected chi connectivity index (χ0v) is 11.6. The molecule has 1 aromatic rings. The average molecular weight is 262 g/mol. The number of amides is 1. The van der Waals surface area contributed by atoms with Crippen molar-refractivity contribution in [3.63, 3.8) is 0 Å². The Hall–Kier alpha value is -1.39. The van der Waals surface area contributed by atoms with Crippen molar-refractivity contribution in [3.05, 3.63) is 35.9 Å². The number of nitrogens with one attached hydrogen (secondary N) is 1. The molecule has 19 heavy (non-hydrogen) atoms. The van der Waals surface area contributed by atoms with Crippen LogP contribution < -0.4 is 11.1 Å². The number of ether oxygens (including phenoxy) is 1. The molecule has 1 saturated heterocycles. The van der Waals surface area contributed by atoms with Crippen LogP contribution in [0, 0.1) is 5.92 Å². The standard InChI is InChI=1S/C15H22N2O2/c1-11-13(8-9-19-11)14(18)17-15(2,10-16)12-6-4-3-5-7-12/h3-7,11,13H,8-10,16H2,1-2H3,(H,17,18). The second-order valence-electron chi connectivity index (χ2n) is 5.36. The lowest BCUT2D eigenvalue weighted by molar-refractivity contribution is -0.128. The zero-order chi connectivity index (χ0) is 13.9. The van der Waals surface area contributed by atoms with Gasteiger partial charge in [-0.15, -0.1) is 0 Å². The van der Waals surface area contributed by atoms with Crippen molar-refractivity contribution in [2.75, 3.05) is 13.2 Å². The summed E-state index contributed by atoms with van der Waals surface area (Å²) in [6.07, 6.45) is 0.764. The van der Waals surface area contributed by atoms with Crippen molar-refractivity contribution < 1.29 is 9.53 Å². The monoisotopic (exact) mass is 262 g/mol. The van der Waals surface area contributed by atoms with Crippen LogP contribution in [-0.2, 0) is 15.1 Å². The van der Waals surface area contributed by atoms with E-state index in [1.807, 2.05) is 44.2 Å². The third kappa shape index (κ3) is 2.96. The Bertz CT molecular complexity index is 435. The molecule has 0 bridgehead atoms. The SMILES string of the molecule is CC1OCCC1C(=O)NC(C)(CN)c1ccccc1. The fraction of sp³-hybridized carbons (Fsp3) is 0.533. The van der Waals surface area contributed by atoms with E-state index in [1.54, 1.807) is 0 Å². The summed E-state index contributed by atoms with van der Waals surface area (Å²) >= 11 is 0. The molecule has 3 N–H and O–H groups in total. The molecule has 0 radical (unpaired) electrons. The fourth-order valence-electron chi connectivity index (χ4n) is 2.49. The predicted octanol–water partition coefficient (Wildman–Crippen LogP) is 1.40. The normalized spacial score (nSPS) is 25.8. The Balaban J connectivity index is 2.12. The fourth-order valence-corrected chi connectivity index (χ4v) is 2.49. The highest BCUT2D eigenvalue weighted by atomic mass is 16.5. The van der Waals surface area contributed by atoms with E-state index in [0.29, 0.717) is 13.2 Å². The molecule has 3 unspecified atom stereocenters. The molecule has 1 fully saturated rings. The minimum atomic E-state index is -0.527. The number of carbonyl (C=O) groups is 1. The average Bonchev–Trinajstić information content (AvgIpc) is 2.86. The van der Waals surface area contributed by atoms with E-state index in [-0.39, 0.29) is 17.9 Å². The quantitative estimate of drug-likeness (QED) is 0.862. The number of carbonyl (C=O) groups excluding carboxylic acids is 1. The zero-order valence-electron chi connectivity index (χ0n) is 11.6. The number of hydrogen-bond acceptors (Lipinski definition) is 3. The van der Waals surface area contributed by atoms with Crippen molar-refractivity contribution >= 4 is 5.91 Å². The van der Waals surface area contributed by atoms with Gasteiger partial charge < -0.3 is 15.8 Å². The maximum absolute atomic E-state index is 12.4. The highest BCUT2D eigenvalue weighted by Crippen LogP contribution is 2.24. The summed E-state index contributed by atoms with van der Waals surface area (Å²) < 4.78 is 5.45. The van der Waals surface area contributed by atoms with Crippen LogP contribution in [0.3, 0.4) is 0 Å². The molecule has 0 aliphatic carbocycles. The smallest absolute Gasteiger partial charge is 0.226 e. The maximum atomic E-state index is 12.4. The van der Waals surface area contributed by atoms with Crippen LogP contribution in [0.15, 0.2) is 30.3 Å². The molecule has 1 amide bonds. The van der Waals surface area contributed by atoms with Crippen LogP contribution in [0.1, 0.15) is 25.8 Å². The van der Waals surface area contributed by atoms with Crippen LogP contribution >= 0.6 is 0 Å². The number of nitrogens with two attached hydrogens (primary N) is 1. The first-order valence-electron chi connectivity index (χ1n) is 6.76. The van der Waals surface area contributed by atoms with Gasteiger partial charge in [-0.1, -0.05) is 30.3 Å². The minimum absolute atomic E-state index is 0.0159. The maximum Gasteiger partial charge on any atom is 0.226 e. The van der Waals surface area contributed by atoms with Gasteiger partial charge in [-0.05, 0) is 25.8 Å². The lowest BCUT2D eigenvalue weighted by Gasteiger charge is -2.31.